The molecular formula is C18H22N2O3S. The van der Waals surface area contributed by atoms with Gasteiger partial charge in [-0.1, -0.05) is 30.3 Å². The van der Waals surface area contributed by atoms with E-state index in [1.807, 2.05) is 48.0 Å². The van der Waals surface area contributed by atoms with Gasteiger partial charge in [-0.2, -0.15) is 11.3 Å². The second-order valence-electron chi connectivity index (χ2n) is 5.73. The summed E-state index contributed by atoms with van der Waals surface area (Å²) >= 11 is 1.61. The molecule has 5 nitrogen and oxygen atoms in total. The molecule has 0 aliphatic carbocycles. The van der Waals surface area contributed by atoms with Crippen molar-refractivity contribution < 1.29 is 14.7 Å². The molecular weight excluding hydrogens is 324 g/mol. The summed E-state index contributed by atoms with van der Waals surface area (Å²) in [5, 5.41) is 18.7. The topological polar surface area (TPSA) is 78.4 Å². The van der Waals surface area contributed by atoms with Gasteiger partial charge in [0.15, 0.2) is 0 Å². The van der Waals surface area contributed by atoms with Crippen molar-refractivity contribution in [2.24, 2.45) is 0 Å². The van der Waals surface area contributed by atoms with E-state index in [-0.39, 0.29) is 18.5 Å². The van der Waals surface area contributed by atoms with Crippen LogP contribution in [0.4, 0.5) is 4.79 Å². The summed E-state index contributed by atoms with van der Waals surface area (Å²) in [5.74, 6) is -0.857. The normalized spacial score (nSPS) is 11.7. The molecule has 0 saturated carbocycles. The molecule has 1 aromatic heterocycles. The summed E-state index contributed by atoms with van der Waals surface area (Å²) in [6.45, 7) is 2.48. The van der Waals surface area contributed by atoms with E-state index in [9.17, 15) is 9.59 Å². The van der Waals surface area contributed by atoms with Gasteiger partial charge in [0.05, 0.1) is 0 Å². The van der Waals surface area contributed by atoms with Crippen molar-refractivity contribution in [1.82, 2.24) is 10.6 Å². The molecule has 0 fully saturated rings. The molecule has 2 rings (SSSR count). The molecule has 0 aliphatic rings. The van der Waals surface area contributed by atoms with E-state index in [0.717, 1.165) is 16.7 Å². The van der Waals surface area contributed by atoms with E-state index in [4.69, 9.17) is 5.11 Å². The number of amides is 2. The third kappa shape index (κ3) is 6.04. The minimum absolute atomic E-state index is 0.0292. The molecule has 1 heterocycles. The van der Waals surface area contributed by atoms with Crippen LogP contribution in [0.25, 0.3) is 0 Å². The molecule has 2 amide bonds. The van der Waals surface area contributed by atoms with Crippen molar-refractivity contribution in [2.75, 3.05) is 0 Å². The first kappa shape index (κ1) is 18.0. The Morgan fingerprint density at radius 1 is 1.21 bits per heavy atom. The minimum Gasteiger partial charge on any atom is -0.481 e. The van der Waals surface area contributed by atoms with Gasteiger partial charge in [-0.3, -0.25) is 4.79 Å². The molecule has 1 aromatic carbocycles. The molecule has 24 heavy (non-hydrogen) atoms. The summed E-state index contributed by atoms with van der Waals surface area (Å²) in [4.78, 5) is 23.0. The van der Waals surface area contributed by atoms with E-state index >= 15 is 0 Å². The van der Waals surface area contributed by atoms with Crippen molar-refractivity contribution in [1.29, 1.82) is 0 Å². The molecule has 0 spiro atoms. The fraction of sp³-hybridized carbons (Fsp3) is 0.333. The van der Waals surface area contributed by atoms with Crippen LogP contribution in [-0.4, -0.2) is 23.1 Å². The molecule has 1 atom stereocenters. The lowest BCUT2D eigenvalue weighted by atomic mass is 10.0. The average molecular weight is 346 g/mol. The van der Waals surface area contributed by atoms with Crippen LogP contribution in [0, 0.1) is 6.92 Å². The summed E-state index contributed by atoms with van der Waals surface area (Å²) < 4.78 is 0. The summed E-state index contributed by atoms with van der Waals surface area (Å²) in [5.41, 5.74) is 3.33. The number of carbonyl (C=O) groups excluding carboxylic acids is 1. The van der Waals surface area contributed by atoms with Crippen LogP contribution in [0.1, 0.15) is 29.5 Å². The van der Waals surface area contributed by atoms with Gasteiger partial charge in [0.2, 0.25) is 0 Å². The van der Waals surface area contributed by atoms with Crippen molar-refractivity contribution in [3.63, 3.8) is 0 Å². The summed E-state index contributed by atoms with van der Waals surface area (Å²) in [6, 6.07) is 9.26. The van der Waals surface area contributed by atoms with Crippen molar-refractivity contribution in [3.8, 4) is 0 Å². The Morgan fingerprint density at radius 3 is 2.58 bits per heavy atom. The largest absolute Gasteiger partial charge is 0.481 e. The van der Waals surface area contributed by atoms with Gasteiger partial charge in [-0.15, -0.1) is 0 Å². The van der Waals surface area contributed by atoms with Crippen LogP contribution in [0.2, 0.25) is 0 Å². The van der Waals surface area contributed by atoms with Gasteiger partial charge >= 0.3 is 12.0 Å². The number of benzene rings is 1. The highest BCUT2D eigenvalue weighted by molar-refractivity contribution is 7.08. The molecule has 2 aromatic rings. The van der Waals surface area contributed by atoms with Crippen LogP contribution in [0.5, 0.6) is 0 Å². The smallest absolute Gasteiger partial charge is 0.315 e. The number of hydrogen-bond acceptors (Lipinski definition) is 3. The van der Waals surface area contributed by atoms with Crippen molar-refractivity contribution in [2.45, 2.75) is 38.8 Å². The first-order valence-electron chi connectivity index (χ1n) is 7.86. The molecule has 0 saturated heterocycles. The van der Waals surface area contributed by atoms with Crippen molar-refractivity contribution >= 4 is 23.3 Å². The van der Waals surface area contributed by atoms with Crippen molar-refractivity contribution in [3.05, 3.63) is 57.8 Å². The molecule has 0 radical (unpaired) electrons. The molecule has 3 N–H and O–H groups in total. The predicted octanol–water partition coefficient (Wildman–Crippen LogP) is 3.33. The summed E-state index contributed by atoms with van der Waals surface area (Å²) in [6.07, 6.45) is 1.04. The lowest BCUT2D eigenvalue weighted by Gasteiger charge is -2.18. The highest BCUT2D eigenvalue weighted by Gasteiger charge is 2.15. The number of hydrogen-bond donors (Lipinski definition) is 3. The molecule has 0 bridgehead atoms. The maximum absolute atomic E-state index is 12.1. The molecule has 128 valence electrons. The number of thiophene rings is 1. The standard InChI is InChI=1S/C18H22N2O3S/c1-13-11-24-12-15(13)10-19-18(23)20-16(7-8-17(21)22)9-14-5-3-2-4-6-14/h2-6,11-12,16H,7-10H2,1H3,(H,21,22)(H2,19,20,23). The van der Waals surface area contributed by atoms with Crippen LogP contribution >= 0.6 is 11.3 Å². The Bertz CT molecular complexity index is 670. The maximum atomic E-state index is 12.1. The van der Waals surface area contributed by atoms with Gasteiger partial charge < -0.3 is 15.7 Å². The Balaban J connectivity index is 1.89. The monoisotopic (exact) mass is 346 g/mol. The number of carbonyl (C=O) groups is 2. The number of rotatable bonds is 8. The number of nitrogens with one attached hydrogen (secondary N) is 2. The number of urea groups is 1. The van der Waals surface area contributed by atoms with Gasteiger partial charge in [0.25, 0.3) is 0 Å². The SMILES string of the molecule is Cc1cscc1CNC(=O)NC(CCC(=O)O)Cc1ccccc1. The van der Waals surface area contributed by atoms with Crippen LogP contribution in [0.3, 0.4) is 0 Å². The van der Waals surface area contributed by atoms with E-state index < -0.39 is 5.97 Å². The number of aryl methyl sites for hydroxylation is 1. The summed E-state index contributed by atoms with van der Waals surface area (Å²) in [7, 11) is 0. The Morgan fingerprint density at radius 2 is 1.96 bits per heavy atom. The second kappa shape index (κ2) is 9.08. The zero-order chi connectivity index (χ0) is 17.4. The van der Waals surface area contributed by atoms with E-state index in [1.165, 1.54) is 0 Å². The first-order valence-corrected chi connectivity index (χ1v) is 8.80. The lowest BCUT2D eigenvalue weighted by molar-refractivity contribution is -0.137. The van der Waals surface area contributed by atoms with Crippen LogP contribution in [0.15, 0.2) is 41.1 Å². The Kier molecular flexibility index (Phi) is 6.81. The quantitative estimate of drug-likeness (QED) is 0.686. The fourth-order valence-corrected chi connectivity index (χ4v) is 3.26. The third-order valence-corrected chi connectivity index (χ3v) is 4.68. The van der Waals surface area contributed by atoms with E-state index in [2.05, 4.69) is 10.6 Å². The zero-order valence-corrected chi connectivity index (χ0v) is 14.4. The first-order chi connectivity index (χ1) is 11.5. The zero-order valence-electron chi connectivity index (χ0n) is 13.6. The van der Waals surface area contributed by atoms with Gasteiger partial charge in [0, 0.05) is 19.0 Å². The second-order valence-corrected chi connectivity index (χ2v) is 6.47. The number of carboxylic acids is 1. The van der Waals surface area contributed by atoms with Gasteiger partial charge in [-0.25, -0.2) is 4.79 Å². The lowest BCUT2D eigenvalue weighted by Crippen LogP contribution is -2.43. The van der Waals surface area contributed by atoms with E-state index in [1.54, 1.807) is 11.3 Å². The molecule has 1 unspecified atom stereocenters. The highest BCUT2D eigenvalue weighted by atomic mass is 32.1. The Labute approximate surface area is 145 Å². The predicted molar refractivity (Wildman–Crippen MR) is 95.2 cm³/mol. The minimum atomic E-state index is -0.857. The van der Waals surface area contributed by atoms with Gasteiger partial charge in [-0.05, 0) is 47.2 Å². The third-order valence-electron chi connectivity index (χ3n) is 3.77. The average Bonchev–Trinajstić information content (AvgIpc) is 2.97. The van der Waals surface area contributed by atoms with Gasteiger partial charge in [0.1, 0.15) is 0 Å². The molecule has 6 heteroatoms. The van der Waals surface area contributed by atoms with E-state index in [0.29, 0.717) is 19.4 Å². The highest BCUT2D eigenvalue weighted by Crippen LogP contribution is 2.13. The maximum Gasteiger partial charge on any atom is 0.315 e. The fourth-order valence-electron chi connectivity index (χ4n) is 2.40. The molecule has 0 aliphatic heterocycles. The number of aliphatic carboxylic acids is 1. The Hall–Kier alpha value is -2.34. The van der Waals surface area contributed by atoms with Crippen LogP contribution < -0.4 is 10.6 Å². The number of carboxylic acid groups (broad SMARTS) is 1. The van der Waals surface area contributed by atoms with Crippen LogP contribution in [-0.2, 0) is 17.8 Å².